The normalized spacial score (nSPS) is 10.7. The predicted molar refractivity (Wildman–Crippen MR) is 142 cm³/mol. The van der Waals surface area contributed by atoms with E-state index in [9.17, 15) is 9.59 Å². The van der Waals surface area contributed by atoms with E-state index >= 15 is 0 Å². The molecule has 3 aromatic rings. The Morgan fingerprint density at radius 3 is 2.35 bits per heavy atom. The lowest BCUT2D eigenvalue weighted by Crippen LogP contribution is -2.44. The zero-order chi connectivity index (χ0) is 24.5. The van der Waals surface area contributed by atoms with Gasteiger partial charge >= 0.3 is 6.03 Å². The number of carbonyl (C=O) groups is 2. The second kappa shape index (κ2) is 12.8. The molecule has 3 rings (SSSR count). The molecule has 180 valence electrons. The SMILES string of the molecule is CCCCN(CC(=O)N(Cc1ccccc1)Cc1ccc(C)s1)C(=O)Nc1ccc(Cl)c(Cl)c1. The number of aryl methyl sites for hydroxylation is 1. The Balaban J connectivity index is 1.75. The molecule has 3 amide bonds. The number of urea groups is 1. The smallest absolute Gasteiger partial charge is 0.322 e. The van der Waals surface area contributed by atoms with Crippen molar-refractivity contribution in [2.75, 3.05) is 18.4 Å². The summed E-state index contributed by atoms with van der Waals surface area (Å²) in [6.07, 6.45) is 1.71. The van der Waals surface area contributed by atoms with Gasteiger partial charge < -0.3 is 15.1 Å². The lowest BCUT2D eigenvalue weighted by atomic mass is 10.2. The molecule has 1 aromatic heterocycles. The summed E-state index contributed by atoms with van der Waals surface area (Å²) in [7, 11) is 0. The number of hydrogen-bond acceptors (Lipinski definition) is 3. The summed E-state index contributed by atoms with van der Waals surface area (Å²) in [6, 6.07) is 18.6. The van der Waals surface area contributed by atoms with Gasteiger partial charge in [-0.2, -0.15) is 0 Å². The molecule has 0 unspecified atom stereocenters. The number of thiophene rings is 1. The summed E-state index contributed by atoms with van der Waals surface area (Å²) in [4.78, 5) is 32.2. The molecule has 0 bridgehead atoms. The average Bonchev–Trinajstić information content (AvgIpc) is 3.23. The van der Waals surface area contributed by atoms with Crippen LogP contribution in [-0.2, 0) is 17.9 Å². The van der Waals surface area contributed by atoms with Gasteiger partial charge in [-0.1, -0.05) is 66.9 Å². The standard InChI is InChI=1S/C26H29Cl2N3O2S/c1-3-4-14-30(26(33)29-21-11-13-23(27)24(28)15-21)18-25(32)31(16-20-8-6-5-7-9-20)17-22-12-10-19(2)34-22/h5-13,15H,3-4,14,16-18H2,1-2H3,(H,29,33). The Hall–Kier alpha value is -2.54. The zero-order valence-electron chi connectivity index (χ0n) is 19.4. The molecular weight excluding hydrogens is 489 g/mol. The lowest BCUT2D eigenvalue weighted by molar-refractivity contribution is -0.133. The maximum atomic E-state index is 13.5. The van der Waals surface area contributed by atoms with Crippen molar-refractivity contribution in [3.05, 3.63) is 86.0 Å². The van der Waals surface area contributed by atoms with Crippen LogP contribution in [0.25, 0.3) is 0 Å². The number of benzene rings is 2. The lowest BCUT2D eigenvalue weighted by Gasteiger charge is -2.28. The highest BCUT2D eigenvalue weighted by molar-refractivity contribution is 7.11. The van der Waals surface area contributed by atoms with Crippen LogP contribution in [0.15, 0.2) is 60.7 Å². The molecule has 5 nitrogen and oxygen atoms in total. The van der Waals surface area contributed by atoms with Crippen molar-refractivity contribution in [2.45, 2.75) is 39.8 Å². The number of carbonyl (C=O) groups excluding carboxylic acids is 2. The molecule has 8 heteroatoms. The summed E-state index contributed by atoms with van der Waals surface area (Å²) in [5.41, 5.74) is 1.58. The topological polar surface area (TPSA) is 52.7 Å². The van der Waals surface area contributed by atoms with Gasteiger partial charge in [-0.3, -0.25) is 4.79 Å². The minimum atomic E-state index is -0.341. The first-order valence-corrected chi connectivity index (χ1v) is 12.8. The van der Waals surface area contributed by atoms with Gasteiger partial charge in [0.2, 0.25) is 5.91 Å². The van der Waals surface area contributed by atoms with Gasteiger partial charge in [0.15, 0.2) is 0 Å². The summed E-state index contributed by atoms with van der Waals surface area (Å²) in [6.45, 7) is 5.56. The molecule has 1 N–H and O–H groups in total. The van der Waals surface area contributed by atoms with Crippen LogP contribution in [0.1, 0.15) is 35.1 Å². The molecule has 1 heterocycles. The number of amides is 3. The summed E-state index contributed by atoms with van der Waals surface area (Å²) >= 11 is 13.7. The molecule has 0 fully saturated rings. The quantitative estimate of drug-likeness (QED) is 0.308. The summed E-state index contributed by atoms with van der Waals surface area (Å²) in [5, 5.41) is 3.61. The van der Waals surface area contributed by atoms with Gasteiger partial charge in [-0.15, -0.1) is 11.3 Å². The fourth-order valence-electron chi connectivity index (χ4n) is 3.44. The van der Waals surface area contributed by atoms with Gasteiger partial charge in [0.05, 0.1) is 16.6 Å². The van der Waals surface area contributed by atoms with E-state index in [1.165, 1.54) is 4.88 Å². The second-order valence-corrected chi connectivity index (χ2v) is 10.3. The first kappa shape index (κ1) is 26.1. The van der Waals surface area contributed by atoms with E-state index in [1.807, 2.05) is 35.2 Å². The van der Waals surface area contributed by atoms with Gasteiger partial charge in [0.25, 0.3) is 0 Å². The first-order chi connectivity index (χ1) is 16.4. The Labute approximate surface area is 215 Å². The Morgan fingerprint density at radius 1 is 0.941 bits per heavy atom. The Morgan fingerprint density at radius 2 is 1.71 bits per heavy atom. The van der Waals surface area contributed by atoms with E-state index in [0.29, 0.717) is 35.4 Å². The molecule has 0 radical (unpaired) electrons. The van der Waals surface area contributed by atoms with Crippen LogP contribution in [-0.4, -0.2) is 34.8 Å². The van der Waals surface area contributed by atoms with Crippen molar-refractivity contribution in [3.8, 4) is 0 Å². The maximum absolute atomic E-state index is 13.5. The molecule has 0 aliphatic carbocycles. The van der Waals surface area contributed by atoms with Gasteiger partial charge in [0, 0.05) is 28.5 Å². The Bertz CT molecular complexity index is 1100. The summed E-state index contributed by atoms with van der Waals surface area (Å²) in [5.74, 6) is -0.102. The van der Waals surface area contributed by atoms with E-state index in [2.05, 4.69) is 31.3 Å². The number of rotatable bonds is 10. The monoisotopic (exact) mass is 517 g/mol. The molecule has 0 atom stereocenters. The highest BCUT2D eigenvalue weighted by Gasteiger charge is 2.22. The van der Waals surface area contributed by atoms with E-state index in [0.717, 1.165) is 23.3 Å². The van der Waals surface area contributed by atoms with Crippen molar-refractivity contribution in [3.63, 3.8) is 0 Å². The average molecular weight is 519 g/mol. The van der Waals surface area contributed by atoms with Gasteiger partial charge in [0.1, 0.15) is 6.54 Å². The highest BCUT2D eigenvalue weighted by Crippen LogP contribution is 2.25. The number of nitrogens with zero attached hydrogens (tertiary/aromatic N) is 2. The van der Waals surface area contributed by atoms with Crippen molar-refractivity contribution in [1.82, 2.24) is 9.80 Å². The van der Waals surface area contributed by atoms with Crippen molar-refractivity contribution >= 4 is 52.2 Å². The minimum Gasteiger partial charge on any atom is -0.332 e. The maximum Gasteiger partial charge on any atom is 0.322 e. The molecule has 0 saturated heterocycles. The highest BCUT2D eigenvalue weighted by atomic mass is 35.5. The number of halogens is 2. The summed E-state index contributed by atoms with van der Waals surface area (Å²) < 4.78 is 0. The zero-order valence-corrected chi connectivity index (χ0v) is 21.7. The van der Waals surface area contributed by atoms with Crippen LogP contribution in [0.5, 0.6) is 0 Å². The third-order valence-corrected chi connectivity index (χ3v) is 7.00. The molecule has 0 saturated carbocycles. The fraction of sp³-hybridized carbons (Fsp3) is 0.308. The van der Waals surface area contributed by atoms with E-state index < -0.39 is 0 Å². The fourth-order valence-corrected chi connectivity index (χ4v) is 4.64. The molecule has 0 aliphatic heterocycles. The molecule has 0 spiro atoms. The molecule has 2 aromatic carbocycles. The largest absolute Gasteiger partial charge is 0.332 e. The van der Waals surface area contributed by atoms with Crippen molar-refractivity contribution in [1.29, 1.82) is 0 Å². The van der Waals surface area contributed by atoms with Crippen molar-refractivity contribution < 1.29 is 9.59 Å². The van der Waals surface area contributed by atoms with Crippen LogP contribution < -0.4 is 5.32 Å². The van der Waals surface area contributed by atoms with Crippen LogP contribution in [0.2, 0.25) is 10.0 Å². The first-order valence-electron chi connectivity index (χ1n) is 11.2. The van der Waals surface area contributed by atoms with Crippen molar-refractivity contribution in [2.24, 2.45) is 0 Å². The minimum absolute atomic E-state index is 0.00958. The number of anilines is 1. The number of unbranched alkanes of at least 4 members (excludes halogenated alkanes) is 1. The van der Waals surface area contributed by atoms with Gasteiger partial charge in [-0.25, -0.2) is 4.79 Å². The van der Waals surface area contributed by atoms with Crippen LogP contribution in [0.3, 0.4) is 0 Å². The van der Waals surface area contributed by atoms with Crippen LogP contribution in [0, 0.1) is 6.92 Å². The van der Waals surface area contributed by atoms with Crippen LogP contribution in [0.4, 0.5) is 10.5 Å². The third kappa shape index (κ3) is 7.76. The Kier molecular flexibility index (Phi) is 9.81. The second-order valence-electron chi connectivity index (χ2n) is 8.08. The number of nitrogens with one attached hydrogen (secondary N) is 1. The third-order valence-electron chi connectivity index (χ3n) is 5.28. The van der Waals surface area contributed by atoms with Crippen LogP contribution >= 0.6 is 34.5 Å². The van der Waals surface area contributed by atoms with E-state index in [4.69, 9.17) is 23.2 Å². The van der Waals surface area contributed by atoms with Gasteiger partial charge in [-0.05, 0) is 49.2 Å². The molecule has 34 heavy (non-hydrogen) atoms. The number of hydrogen-bond donors (Lipinski definition) is 1. The molecular formula is C26H29Cl2N3O2S. The molecule has 0 aliphatic rings. The van der Waals surface area contributed by atoms with E-state index in [-0.39, 0.29) is 18.5 Å². The van der Waals surface area contributed by atoms with E-state index in [1.54, 1.807) is 34.4 Å². The predicted octanol–water partition coefficient (Wildman–Crippen LogP) is 7.23.